The highest BCUT2D eigenvalue weighted by molar-refractivity contribution is 5.78. The highest BCUT2D eigenvalue weighted by Gasteiger charge is 2.29. The maximum atomic E-state index is 13.0. The summed E-state index contributed by atoms with van der Waals surface area (Å²) < 4.78 is 53.7. The molecule has 106 valence electrons. The topological polar surface area (TPSA) is 29.5 Å². The lowest BCUT2D eigenvalue weighted by Crippen LogP contribution is -2.24. The van der Waals surface area contributed by atoms with Crippen molar-refractivity contribution in [1.82, 2.24) is 4.90 Å². The van der Waals surface area contributed by atoms with Gasteiger partial charge in [-0.3, -0.25) is 4.79 Å². The van der Waals surface area contributed by atoms with Gasteiger partial charge < -0.3 is 9.64 Å². The molecular formula is C12H13F4NO2. The zero-order valence-corrected chi connectivity index (χ0v) is 10.4. The number of rotatable bonds is 4. The average molecular weight is 279 g/mol. The van der Waals surface area contributed by atoms with Gasteiger partial charge in [0.05, 0.1) is 6.42 Å². The number of benzene rings is 1. The highest BCUT2D eigenvalue weighted by atomic mass is 19.4. The van der Waals surface area contributed by atoms with Crippen molar-refractivity contribution in [2.75, 3.05) is 20.7 Å². The van der Waals surface area contributed by atoms with Gasteiger partial charge in [-0.15, -0.1) is 0 Å². The summed E-state index contributed by atoms with van der Waals surface area (Å²) in [6.45, 7) is -1.53. The molecule has 1 aromatic rings. The van der Waals surface area contributed by atoms with Gasteiger partial charge in [-0.1, -0.05) is 6.07 Å². The van der Waals surface area contributed by atoms with Crippen LogP contribution < -0.4 is 4.74 Å². The number of likely N-dealkylation sites (N-methyl/N-ethyl adjacent to an activating group) is 1. The van der Waals surface area contributed by atoms with E-state index in [0.29, 0.717) is 0 Å². The lowest BCUT2D eigenvalue weighted by atomic mass is 10.1. The van der Waals surface area contributed by atoms with E-state index < -0.39 is 18.6 Å². The number of carbonyl (C=O) groups excluding carboxylic acids is 1. The van der Waals surface area contributed by atoms with Crippen LogP contribution in [0.2, 0.25) is 0 Å². The Hall–Kier alpha value is -1.79. The summed E-state index contributed by atoms with van der Waals surface area (Å²) >= 11 is 0. The molecule has 1 rings (SSSR count). The molecule has 0 aliphatic heterocycles. The molecule has 0 unspecified atom stereocenters. The molecule has 0 atom stereocenters. The summed E-state index contributed by atoms with van der Waals surface area (Å²) in [7, 11) is 3.03. The number of hydrogen-bond acceptors (Lipinski definition) is 2. The van der Waals surface area contributed by atoms with Gasteiger partial charge in [0.2, 0.25) is 5.91 Å². The molecule has 0 N–H and O–H groups in total. The van der Waals surface area contributed by atoms with E-state index in [2.05, 4.69) is 4.74 Å². The van der Waals surface area contributed by atoms with Crippen LogP contribution >= 0.6 is 0 Å². The van der Waals surface area contributed by atoms with E-state index >= 15 is 0 Å². The SMILES string of the molecule is CN(C)C(=O)Cc1ccc(F)cc1OCC(F)(F)F. The monoisotopic (exact) mass is 279 g/mol. The van der Waals surface area contributed by atoms with Gasteiger partial charge >= 0.3 is 6.18 Å². The molecule has 7 heteroatoms. The maximum Gasteiger partial charge on any atom is 0.422 e. The number of carbonyl (C=O) groups is 1. The Morgan fingerprint density at radius 2 is 1.95 bits per heavy atom. The smallest absolute Gasteiger partial charge is 0.422 e. The number of ether oxygens (including phenoxy) is 1. The molecule has 3 nitrogen and oxygen atoms in total. The molecule has 0 bridgehead atoms. The standard InChI is InChI=1S/C12H13F4NO2/c1-17(2)11(18)5-8-3-4-9(13)6-10(8)19-7-12(14,15)16/h3-4,6H,5,7H2,1-2H3. The molecule has 0 fully saturated rings. The van der Waals surface area contributed by atoms with Crippen LogP contribution in [0.15, 0.2) is 18.2 Å². The molecule has 0 aliphatic rings. The summed E-state index contributed by atoms with van der Waals surface area (Å²) in [6, 6.07) is 3.14. The molecule has 0 aromatic heterocycles. The van der Waals surface area contributed by atoms with Gasteiger partial charge in [0, 0.05) is 25.7 Å². The van der Waals surface area contributed by atoms with Crippen molar-refractivity contribution >= 4 is 5.91 Å². The lowest BCUT2D eigenvalue weighted by Gasteiger charge is -2.15. The maximum absolute atomic E-state index is 13.0. The Morgan fingerprint density at radius 3 is 2.47 bits per heavy atom. The largest absolute Gasteiger partial charge is 0.484 e. The van der Waals surface area contributed by atoms with Crippen molar-refractivity contribution in [3.05, 3.63) is 29.6 Å². The summed E-state index contributed by atoms with van der Waals surface area (Å²) in [5.74, 6) is -1.31. The Kier molecular flexibility index (Phi) is 4.74. The van der Waals surface area contributed by atoms with Crippen molar-refractivity contribution in [2.24, 2.45) is 0 Å². The fraction of sp³-hybridized carbons (Fsp3) is 0.417. The normalized spacial score (nSPS) is 11.3. The molecule has 1 amide bonds. The fourth-order valence-electron chi connectivity index (χ4n) is 1.29. The van der Waals surface area contributed by atoms with Crippen molar-refractivity contribution in [1.29, 1.82) is 0 Å². The molecule has 0 aliphatic carbocycles. The van der Waals surface area contributed by atoms with Crippen molar-refractivity contribution in [2.45, 2.75) is 12.6 Å². The van der Waals surface area contributed by atoms with E-state index in [0.717, 1.165) is 12.1 Å². The number of nitrogens with zero attached hydrogens (tertiary/aromatic N) is 1. The van der Waals surface area contributed by atoms with Crippen LogP contribution in [0.5, 0.6) is 5.75 Å². The summed E-state index contributed by atoms with van der Waals surface area (Å²) in [5.41, 5.74) is 0.212. The first-order valence-electron chi connectivity index (χ1n) is 5.37. The van der Waals surface area contributed by atoms with Gasteiger partial charge in [-0.25, -0.2) is 4.39 Å². The van der Waals surface area contributed by atoms with E-state index in [1.807, 2.05) is 0 Å². The molecule has 0 saturated heterocycles. The zero-order valence-electron chi connectivity index (χ0n) is 10.4. The Labute approximate surface area is 107 Å². The quantitative estimate of drug-likeness (QED) is 0.792. The Balaban J connectivity index is 2.88. The third-order valence-corrected chi connectivity index (χ3v) is 2.26. The van der Waals surface area contributed by atoms with Gasteiger partial charge in [-0.05, 0) is 6.07 Å². The molecule has 0 radical (unpaired) electrons. The predicted octanol–water partition coefficient (Wildman–Crippen LogP) is 2.40. The summed E-state index contributed by atoms with van der Waals surface area (Å²) in [4.78, 5) is 12.8. The first-order chi connectivity index (χ1) is 8.69. The molecule has 19 heavy (non-hydrogen) atoms. The van der Waals surface area contributed by atoms with Crippen molar-refractivity contribution < 1.29 is 27.1 Å². The van der Waals surface area contributed by atoms with E-state index in [4.69, 9.17) is 0 Å². The molecular weight excluding hydrogens is 266 g/mol. The minimum absolute atomic E-state index is 0.152. The van der Waals surface area contributed by atoms with Gasteiger partial charge in [0.15, 0.2) is 6.61 Å². The van der Waals surface area contributed by atoms with Crippen LogP contribution in [-0.2, 0) is 11.2 Å². The molecule has 0 saturated carbocycles. The average Bonchev–Trinajstić information content (AvgIpc) is 2.28. The predicted molar refractivity (Wildman–Crippen MR) is 60.3 cm³/mol. The molecule has 1 aromatic carbocycles. The van der Waals surface area contributed by atoms with Crippen LogP contribution in [0.25, 0.3) is 0 Å². The molecule has 0 spiro atoms. The second-order valence-electron chi connectivity index (χ2n) is 4.12. The Morgan fingerprint density at radius 1 is 1.32 bits per heavy atom. The van der Waals surface area contributed by atoms with E-state index in [1.165, 1.54) is 25.1 Å². The molecule has 0 heterocycles. The number of hydrogen-bond donors (Lipinski definition) is 0. The second-order valence-corrected chi connectivity index (χ2v) is 4.12. The minimum atomic E-state index is -4.52. The highest BCUT2D eigenvalue weighted by Crippen LogP contribution is 2.24. The lowest BCUT2D eigenvalue weighted by molar-refractivity contribution is -0.153. The number of amides is 1. The van der Waals surface area contributed by atoms with Crippen molar-refractivity contribution in [3.8, 4) is 5.75 Å². The summed E-state index contributed by atoms with van der Waals surface area (Å²) in [6.07, 6.45) is -4.67. The van der Waals surface area contributed by atoms with Crippen LogP contribution in [0.4, 0.5) is 17.6 Å². The third-order valence-electron chi connectivity index (χ3n) is 2.26. The van der Waals surface area contributed by atoms with E-state index in [9.17, 15) is 22.4 Å². The first kappa shape index (κ1) is 15.3. The van der Waals surface area contributed by atoms with Crippen LogP contribution in [0.1, 0.15) is 5.56 Å². The van der Waals surface area contributed by atoms with Crippen LogP contribution in [0, 0.1) is 5.82 Å². The number of halogens is 4. The number of alkyl halides is 3. The third kappa shape index (κ3) is 5.15. The second kappa shape index (κ2) is 5.90. The van der Waals surface area contributed by atoms with Crippen LogP contribution in [-0.4, -0.2) is 37.7 Å². The van der Waals surface area contributed by atoms with Crippen molar-refractivity contribution in [3.63, 3.8) is 0 Å². The van der Waals surface area contributed by atoms with Gasteiger partial charge in [0.1, 0.15) is 11.6 Å². The minimum Gasteiger partial charge on any atom is -0.484 e. The zero-order chi connectivity index (χ0) is 14.6. The van der Waals surface area contributed by atoms with E-state index in [-0.39, 0.29) is 23.6 Å². The fourth-order valence-corrected chi connectivity index (χ4v) is 1.29. The Bertz CT molecular complexity index is 458. The van der Waals surface area contributed by atoms with Gasteiger partial charge in [0.25, 0.3) is 0 Å². The van der Waals surface area contributed by atoms with E-state index in [1.54, 1.807) is 0 Å². The summed E-state index contributed by atoms with van der Waals surface area (Å²) in [5, 5.41) is 0. The van der Waals surface area contributed by atoms with Gasteiger partial charge in [-0.2, -0.15) is 13.2 Å². The first-order valence-corrected chi connectivity index (χ1v) is 5.37. The van der Waals surface area contributed by atoms with Crippen LogP contribution in [0.3, 0.4) is 0 Å².